The molecule has 0 bridgehead atoms. The van der Waals surface area contributed by atoms with Crippen molar-refractivity contribution in [2.24, 2.45) is 5.41 Å². The molecular weight excluding hydrogens is 130 g/mol. The first-order valence-electron chi connectivity index (χ1n) is 3.02. The summed E-state index contributed by atoms with van der Waals surface area (Å²) >= 11 is 0. The number of hydrogen-bond acceptors (Lipinski definition) is 3. The van der Waals surface area contributed by atoms with E-state index in [0.717, 1.165) is 0 Å². The van der Waals surface area contributed by atoms with Crippen LogP contribution in [-0.2, 0) is 9.53 Å². The number of nitrogens with zero attached hydrogens (tertiary/aromatic N) is 1. The Balaban J connectivity index is 3.58. The zero-order valence-corrected chi connectivity index (χ0v) is 6.47. The minimum absolute atomic E-state index is 0.0630. The Morgan fingerprint density at radius 2 is 2.10 bits per heavy atom. The van der Waals surface area contributed by atoms with Gasteiger partial charge in [0.25, 0.3) is 0 Å². The van der Waals surface area contributed by atoms with Crippen LogP contribution in [0, 0.1) is 16.7 Å². The Kier molecular flexibility index (Phi) is 2.88. The standard InChI is InChI=1S/C7H11NO2/c1-7(2,3)5-10-6(9)4-8/h5H2,1-3H3. The molecule has 0 aliphatic heterocycles. The second-order valence-corrected chi connectivity index (χ2v) is 3.25. The minimum atomic E-state index is -0.810. The Labute approximate surface area is 60.6 Å². The predicted octanol–water partition coefficient (Wildman–Crippen LogP) is 1.10. The summed E-state index contributed by atoms with van der Waals surface area (Å²) in [7, 11) is 0. The van der Waals surface area contributed by atoms with E-state index in [2.05, 4.69) is 4.74 Å². The van der Waals surface area contributed by atoms with Crippen LogP contribution in [-0.4, -0.2) is 12.6 Å². The molecule has 0 aliphatic rings. The van der Waals surface area contributed by atoms with Gasteiger partial charge in [-0.1, -0.05) is 20.8 Å². The molecule has 10 heavy (non-hydrogen) atoms. The van der Waals surface area contributed by atoms with Crippen molar-refractivity contribution in [3.05, 3.63) is 0 Å². The lowest BCUT2D eigenvalue weighted by molar-refractivity contribution is -0.139. The molecular formula is C7H11NO2. The SMILES string of the molecule is CC(C)(C)COC(=O)C#N. The van der Waals surface area contributed by atoms with Gasteiger partial charge in [0, 0.05) is 0 Å². The molecule has 0 radical (unpaired) electrons. The average molecular weight is 141 g/mol. The average Bonchev–Trinajstić information content (AvgIpc) is 1.81. The molecule has 3 heteroatoms. The van der Waals surface area contributed by atoms with E-state index in [9.17, 15) is 4.79 Å². The van der Waals surface area contributed by atoms with E-state index in [1.54, 1.807) is 0 Å². The van der Waals surface area contributed by atoms with E-state index in [-0.39, 0.29) is 5.41 Å². The molecule has 3 nitrogen and oxygen atoms in total. The maximum Gasteiger partial charge on any atom is 0.411 e. The Morgan fingerprint density at radius 3 is 2.40 bits per heavy atom. The fourth-order valence-corrected chi connectivity index (χ4v) is 0.314. The molecule has 0 aromatic carbocycles. The van der Waals surface area contributed by atoms with Crippen LogP contribution >= 0.6 is 0 Å². The topological polar surface area (TPSA) is 50.1 Å². The second-order valence-electron chi connectivity index (χ2n) is 3.25. The summed E-state index contributed by atoms with van der Waals surface area (Å²) in [6.07, 6.45) is 0. The highest BCUT2D eigenvalue weighted by Crippen LogP contribution is 2.12. The van der Waals surface area contributed by atoms with Crippen molar-refractivity contribution in [2.75, 3.05) is 6.61 Å². The van der Waals surface area contributed by atoms with E-state index in [0.29, 0.717) is 6.61 Å². The van der Waals surface area contributed by atoms with Crippen LogP contribution < -0.4 is 0 Å². The van der Waals surface area contributed by atoms with Gasteiger partial charge in [0.2, 0.25) is 0 Å². The lowest BCUT2D eigenvalue weighted by atomic mass is 9.99. The van der Waals surface area contributed by atoms with Crippen LogP contribution in [0.2, 0.25) is 0 Å². The maximum atomic E-state index is 10.3. The lowest BCUT2D eigenvalue weighted by Crippen LogP contribution is -2.17. The normalized spacial score (nSPS) is 10.2. The van der Waals surface area contributed by atoms with Crippen molar-refractivity contribution in [1.82, 2.24) is 0 Å². The van der Waals surface area contributed by atoms with Crippen molar-refractivity contribution in [3.63, 3.8) is 0 Å². The molecule has 56 valence electrons. The van der Waals surface area contributed by atoms with Gasteiger partial charge in [-0.25, -0.2) is 4.79 Å². The van der Waals surface area contributed by atoms with Gasteiger partial charge in [0.05, 0.1) is 6.61 Å². The third-order valence-corrected chi connectivity index (χ3v) is 0.728. The van der Waals surface area contributed by atoms with E-state index >= 15 is 0 Å². The molecule has 0 spiro atoms. The highest BCUT2D eigenvalue weighted by Gasteiger charge is 2.12. The molecule has 0 heterocycles. The summed E-state index contributed by atoms with van der Waals surface area (Å²) in [6.45, 7) is 6.08. The number of rotatable bonds is 1. The monoisotopic (exact) mass is 141 g/mol. The number of carbonyl (C=O) groups is 1. The maximum absolute atomic E-state index is 10.3. The van der Waals surface area contributed by atoms with E-state index in [4.69, 9.17) is 5.26 Å². The Bertz CT molecular complexity index is 161. The molecule has 0 rings (SSSR count). The van der Waals surface area contributed by atoms with Crippen molar-refractivity contribution in [2.45, 2.75) is 20.8 Å². The van der Waals surface area contributed by atoms with Gasteiger partial charge in [-0.15, -0.1) is 0 Å². The van der Waals surface area contributed by atoms with Gasteiger partial charge >= 0.3 is 5.97 Å². The molecule has 0 aromatic rings. The number of carbonyl (C=O) groups excluding carboxylic acids is 1. The van der Waals surface area contributed by atoms with Crippen molar-refractivity contribution in [1.29, 1.82) is 5.26 Å². The van der Waals surface area contributed by atoms with Crippen molar-refractivity contribution < 1.29 is 9.53 Å². The number of nitriles is 1. The molecule has 0 amide bonds. The summed E-state index contributed by atoms with van der Waals surface area (Å²) in [5.74, 6) is -0.810. The second kappa shape index (κ2) is 3.21. The summed E-state index contributed by atoms with van der Waals surface area (Å²) in [5, 5.41) is 8.01. The largest absolute Gasteiger partial charge is 0.454 e. The predicted molar refractivity (Wildman–Crippen MR) is 36.0 cm³/mol. The first-order chi connectivity index (χ1) is 4.45. The molecule has 0 atom stereocenters. The lowest BCUT2D eigenvalue weighted by Gasteiger charge is -2.15. The van der Waals surface area contributed by atoms with Crippen LogP contribution in [0.15, 0.2) is 0 Å². The molecule has 0 saturated heterocycles. The summed E-state index contributed by atoms with van der Waals surface area (Å²) in [6, 6.07) is 1.38. The number of ether oxygens (including phenoxy) is 1. The Morgan fingerprint density at radius 1 is 1.60 bits per heavy atom. The smallest absolute Gasteiger partial charge is 0.411 e. The van der Waals surface area contributed by atoms with Crippen LogP contribution in [0.5, 0.6) is 0 Å². The van der Waals surface area contributed by atoms with Gasteiger partial charge in [0.1, 0.15) is 0 Å². The molecule has 0 aliphatic carbocycles. The quantitative estimate of drug-likeness (QED) is 0.406. The Hall–Kier alpha value is -1.04. The molecule has 0 aromatic heterocycles. The summed E-state index contributed by atoms with van der Waals surface area (Å²) in [5.41, 5.74) is -0.0630. The van der Waals surface area contributed by atoms with E-state index in [1.807, 2.05) is 20.8 Å². The van der Waals surface area contributed by atoms with Crippen LogP contribution in [0.4, 0.5) is 0 Å². The van der Waals surface area contributed by atoms with E-state index < -0.39 is 5.97 Å². The van der Waals surface area contributed by atoms with E-state index in [1.165, 1.54) is 6.07 Å². The minimum Gasteiger partial charge on any atom is -0.454 e. The van der Waals surface area contributed by atoms with Gasteiger partial charge in [-0.3, -0.25) is 0 Å². The van der Waals surface area contributed by atoms with Crippen LogP contribution in [0.25, 0.3) is 0 Å². The summed E-state index contributed by atoms with van der Waals surface area (Å²) in [4.78, 5) is 10.3. The van der Waals surface area contributed by atoms with Crippen LogP contribution in [0.1, 0.15) is 20.8 Å². The summed E-state index contributed by atoms with van der Waals surface area (Å²) < 4.78 is 4.56. The first kappa shape index (κ1) is 8.96. The third kappa shape index (κ3) is 5.10. The van der Waals surface area contributed by atoms with Gasteiger partial charge in [-0.2, -0.15) is 5.26 Å². The molecule has 0 unspecified atom stereocenters. The van der Waals surface area contributed by atoms with Gasteiger partial charge < -0.3 is 4.74 Å². The number of hydrogen-bond donors (Lipinski definition) is 0. The molecule has 0 N–H and O–H groups in total. The van der Waals surface area contributed by atoms with Gasteiger partial charge in [0.15, 0.2) is 6.07 Å². The van der Waals surface area contributed by atoms with Gasteiger partial charge in [-0.05, 0) is 5.41 Å². The number of esters is 1. The zero-order chi connectivity index (χ0) is 8.20. The fraction of sp³-hybridized carbons (Fsp3) is 0.714. The molecule has 0 fully saturated rings. The third-order valence-electron chi connectivity index (χ3n) is 0.728. The highest BCUT2D eigenvalue weighted by atomic mass is 16.5. The van der Waals surface area contributed by atoms with Crippen molar-refractivity contribution >= 4 is 5.97 Å². The first-order valence-corrected chi connectivity index (χ1v) is 3.02. The fourth-order valence-electron chi connectivity index (χ4n) is 0.314. The zero-order valence-electron chi connectivity index (χ0n) is 6.47. The van der Waals surface area contributed by atoms with Crippen LogP contribution in [0.3, 0.4) is 0 Å². The highest BCUT2D eigenvalue weighted by molar-refractivity contribution is 5.85. The molecule has 0 saturated carbocycles. The van der Waals surface area contributed by atoms with Crippen molar-refractivity contribution in [3.8, 4) is 6.07 Å².